The molecule has 0 aromatic carbocycles. The number of nitrogens with zero attached hydrogens (tertiary/aromatic N) is 1. The summed E-state index contributed by atoms with van der Waals surface area (Å²) >= 11 is 0. The molecule has 0 radical (unpaired) electrons. The number of nitrogens with one attached hydrogen (secondary N) is 2. The Morgan fingerprint density at radius 1 is 1.47 bits per heavy atom. The van der Waals surface area contributed by atoms with Crippen LogP contribution in [0.1, 0.15) is 12.8 Å². The Labute approximate surface area is 112 Å². The maximum atomic E-state index is 12.7. The third-order valence-corrected chi connectivity index (χ3v) is 4.65. The van der Waals surface area contributed by atoms with Crippen molar-refractivity contribution in [3.05, 3.63) is 0 Å². The van der Waals surface area contributed by atoms with E-state index in [1.165, 1.54) is 0 Å². The van der Waals surface area contributed by atoms with Gasteiger partial charge in [0.05, 0.1) is 31.1 Å². The fourth-order valence-electron chi connectivity index (χ4n) is 3.52. The molecule has 2 amide bonds. The van der Waals surface area contributed by atoms with E-state index in [1.54, 1.807) is 0 Å². The van der Waals surface area contributed by atoms with Crippen LogP contribution in [0.5, 0.6) is 0 Å². The second-order valence-electron chi connectivity index (χ2n) is 5.63. The lowest BCUT2D eigenvalue weighted by Gasteiger charge is -2.38. The molecule has 4 atom stereocenters. The third-order valence-electron chi connectivity index (χ3n) is 4.65. The summed E-state index contributed by atoms with van der Waals surface area (Å²) in [4.78, 5) is 26.3. The Hall–Kier alpha value is -1.14. The van der Waals surface area contributed by atoms with E-state index < -0.39 is 0 Å². The molecule has 2 N–H and O–H groups in total. The van der Waals surface area contributed by atoms with Gasteiger partial charge in [0.1, 0.15) is 0 Å². The molecule has 0 bridgehead atoms. The number of ether oxygens (including phenoxy) is 1. The minimum Gasteiger partial charge on any atom is -0.379 e. The largest absolute Gasteiger partial charge is 0.379 e. The number of rotatable bonds is 2. The SMILES string of the molecule is CNC1COCC1C(=O)N1CCCC2C(=O)NCC21. The lowest BCUT2D eigenvalue weighted by molar-refractivity contribution is -0.141. The number of carbonyl (C=O) groups excluding carboxylic acids is 2. The van der Waals surface area contributed by atoms with Gasteiger partial charge in [-0.05, 0) is 19.9 Å². The van der Waals surface area contributed by atoms with E-state index in [0.717, 1.165) is 19.4 Å². The van der Waals surface area contributed by atoms with E-state index >= 15 is 0 Å². The van der Waals surface area contributed by atoms with Gasteiger partial charge in [-0.2, -0.15) is 0 Å². The highest BCUT2D eigenvalue weighted by molar-refractivity contribution is 5.85. The van der Waals surface area contributed by atoms with Gasteiger partial charge in [0, 0.05) is 19.1 Å². The van der Waals surface area contributed by atoms with E-state index in [9.17, 15) is 9.59 Å². The van der Waals surface area contributed by atoms with Gasteiger partial charge < -0.3 is 20.3 Å². The molecule has 3 fully saturated rings. The lowest BCUT2D eigenvalue weighted by Crippen LogP contribution is -2.53. The Kier molecular flexibility index (Phi) is 3.45. The van der Waals surface area contributed by atoms with Gasteiger partial charge in [-0.1, -0.05) is 0 Å². The maximum Gasteiger partial charge on any atom is 0.230 e. The first-order chi connectivity index (χ1) is 9.22. The third kappa shape index (κ3) is 2.12. The van der Waals surface area contributed by atoms with Crippen molar-refractivity contribution in [3.63, 3.8) is 0 Å². The molecular weight excluding hydrogens is 246 g/mol. The highest BCUT2D eigenvalue weighted by Crippen LogP contribution is 2.29. The molecule has 3 rings (SSSR count). The number of carbonyl (C=O) groups is 2. The van der Waals surface area contributed by atoms with Crippen molar-refractivity contribution in [2.75, 3.05) is 33.4 Å². The van der Waals surface area contributed by atoms with Crippen molar-refractivity contribution in [3.8, 4) is 0 Å². The summed E-state index contributed by atoms with van der Waals surface area (Å²) in [6.07, 6.45) is 1.81. The average molecular weight is 267 g/mol. The van der Waals surface area contributed by atoms with Crippen molar-refractivity contribution >= 4 is 11.8 Å². The predicted octanol–water partition coefficient (Wildman–Crippen LogP) is -1.04. The summed E-state index contributed by atoms with van der Waals surface area (Å²) in [6, 6.07) is 0.143. The molecule has 0 aromatic rings. The van der Waals surface area contributed by atoms with Crippen LogP contribution < -0.4 is 10.6 Å². The molecule has 4 unspecified atom stereocenters. The molecule has 3 heterocycles. The van der Waals surface area contributed by atoms with Crippen LogP contribution in [0.3, 0.4) is 0 Å². The summed E-state index contributed by atoms with van der Waals surface area (Å²) in [6.45, 7) is 2.44. The topological polar surface area (TPSA) is 70.7 Å². The summed E-state index contributed by atoms with van der Waals surface area (Å²) in [5.41, 5.74) is 0. The number of fused-ring (bicyclic) bond motifs is 1. The van der Waals surface area contributed by atoms with E-state index in [0.29, 0.717) is 19.8 Å². The average Bonchev–Trinajstić information content (AvgIpc) is 3.05. The van der Waals surface area contributed by atoms with Crippen LogP contribution in [-0.2, 0) is 14.3 Å². The molecule has 3 aliphatic heterocycles. The van der Waals surface area contributed by atoms with Crippen molar-refractivity contribution in [2.24, 2.45) is 11.8 Å². The first-order valence-corrected chi connectivity index (χ1v) is 7.05. The number of likely N-dealkylation sites (N-methyl/N-ethyl adjacent to an activating group) is 1. The standard InChI is InChI=1S/C13H21N3O3/c1-14-10-7-19-6-9(10)13(18)16-4-2-3-8-11(16)5-15-12(8)17/h8-11,14H,2-7H2,1H3,(H,15,17). The zero-order valence-corrected chi connectivity index (χ0v) is 11.2. The molecule has 0 aromatic heterocycles. The van der Waals surface area contributed by atoms with Crippen LogP contribution in [0.4, 0.5) is 0 Å². The summed E-state index contributed by atoms with van der Waals surface area (Å²) in [5, 5.41) is 6.03. The molecular formula is C13H21N3O3. The van der Waals surface area contributed by atoms with Gasteiger partial charge in [-0.15, -0.1) is 0 Å². The zero-order valence-electron chi connectivity index (χ0n) is 11.2. The Morgan fingerprint density at radius 3 is 3.11 bits per heavy atom. The molecule has 106 valence electrons. The van der Waals surface area contributed by atoms with Gasteiger partial charge in [0.2, 0.25) is 11.8 Å². The Balaban J connectivity index is 1.74. The van der Waals surface area contributed by atoms with Gasteiger partial charge in [-0.3, -0.25) is 9.59 Å². The Bertz CT molecular complexity index is 387. The van der Waals surface area contributed by atoms with E-state index in [4.69, 9.17) is 4.74 Å². The first kappa shape index (κ1) is 12.9. The van der Waals surface area contributed by atoms with Crippen LogP contribution in [-0.4, -0.2) is 62.1 Å². The number of likely N-dealkylation sites (tertiary alicyclic amines) is 1. The number of piperidine rings is 1. The lowest BCUT2D eigenvalue weighted by atomic mass is 9.89. The highest BCUT2D eigenvalue weighted by atomic mass is 16.5. The molecule has 0 saturated carbocycles. The summed E-state index contributed by atoms with van der Waals surface area (Å²) in [5.74, 6) is 0.130. The highest BCUT2D eigenvalue weighted by Gasteiger charge is 2.45. The predicted molar refractivity (Wildman–Crippen MR) is 68.4 cm³/mol. The van der Waals surface area contributed by atoms with Crippen LogP contribution >= 0.6 is 0 Å². The van der Waals surface area contributed by atoms with Gasteiger partial charge in [-0.25, -0.2) is 0 Å². The van der Waals surface area contributed by atoms with Crippen molar-refractivity contribution in [2.45, 2.75) is 24.9 Å². The second kappa shape index (κ2) is 5.09. The fourth-order valence-corrected chi connectivity index (χ4v) is 3.52. The second-order valence-corrected chi connectivity index (χ2v) is 5.63. The first-order valence-electron chi connectivity index (χ1n) is 7.05. The molecule has 0 aliphatic carbocycles. The molecule has 3 saturated heterocycles. The fraction of sp³-hybridized carbons (Fsp3) is 0.846. The van der Waals surface area contributed by atoms with Crippen molar-refractivity contribution in [1.29, 1.82) is 0 Å². The van der Waals surface area contributed by atoms with Crippen molar-refractivity contribution < 1.29 is 14.3 Å². The maximum absolute atomic E-state index is 12.7. The van der Waals surface area contributed by atoms with E-state index in [-0.39, 0.29) is 35.7 Å². The monoisotopic (exact) mass is 267 g/mol. The molecule has 6 heteroatoms. The minimum absolute atomic E-state index is 0.00643. The summed E-state index contributed by atoms with van der Waals surface area (Å²) < 4.78 is 5.41. The van der Waals surface area contributed by atoms with E-state index in [1.807, 2.05) is 11.9 Å². The molecule has 3 aliphatic rings. The number of hydrogen-bond donors (Lipinski definition) is 2. The number of hydrogen-bond acceptors (Lipinski definition) is 4. The smallest absolute Gasteiger partial charge is 0.230 e. The van der Waals surface area contributed by atoms with Crippen LogP contribution in [0, 0.1) is 11.8 Å². The molecule has 6 nitrogen and oxygen atoms in total. The molecule has 19 heavy (non-hydrogen) atoms. The molecule has 0 spiro atoms. The quantitative estimate of drug-likeness (QED) is 0.670. The van der Waals surface area contributed by atoms with Crippen molar-refractivity contribution in [1.82, 2.24) is 15.5 Å². The summed E-state index contributed by atoms with van der Waals surface area (Å²) in [7, 11) is 1.86. The zero-order chi connectivity index (χ0) is 13.4. The van der Waals surface area contributed by atoms with Gasteiger partial charge in [0.25, 0.3) is 0 Å². The number of amides is 2. The minimum atomic E-state index is -0.112. The van der Waals surface area contributed by atoms with Crippen LogP contribution in [0.2, 0.25) is 0 Å². The normalized spacial score (nSPS) is 38.2. The van der Waals surface area contributed by atoms with Crippen LogP contribution in [0.15, 0.2) is 0 Å². The van der Waals surface area contributed by atoms with Gasteiger partial charge >= 0.3 is 0 Å². The van der Waals surface area contributed by atoms with Gasteiger partial charge in [0.15, 0.2) is 0 Å². The van der Waals surface area contributed by atoms with Crippen LogP contribution in [0.25, 0.3) is 0 Å². The van der Waals surface area contributed by atoms with E-state index in [2.05, 4.69) is 10.6 Å². The Morgan fingerprint density at radius 2 is 2.32 bits per heavy atom.